The van der Waals surface area contributed by atoms with Crippen LogP contribution in [0.3, 0.4) is 0 Å². The van der Waals surface area contributed by atoms with Crippen molar-refractivity contribution in [1.82, 2.24) is 0 Å². The third-order valence-corrected chi connectivity index (χ3v) is 3.76. The lowest BCUT2D eigenvalue weighted by molar-refractivity contribution is 0.244. The van der Waals surface area contributed by atoms with Crippen LogP contribution in [-0.2, 0) is 0 Å². The molecule has 0 aromatic carbocycles. The van der Waals surface area contributed by atoms with E-state index in [1.165, 1.54) is 32.1 Å². The summed E-state index contributed by atoms with van der Waals surface area (Å²) in [7, 11) is 0. The Morgan fingerprint density at radius 3 is 2.09 bits per heavy atom. The highest BCUT2D eigenvalue weighted by Crippen LogP contribution is 2.55. The van der Waals surface area contributed by atoms with Gasteiger partial charge in [-0.1, -0.05) is 0 Å². The summed E-state index contributed by atoms with van der Waals surface area (Å²) in [5.74, 6) is 1.05. The van der Waals surface area contributed by atoms with Gasteiger partial charge >= 0.3 is 0 Å². The molecule has 0 amide bonds. The molecule has 11 heavy (non-hydrogen) atoms. The van der Waals surface area contributed by atoms with Gasteiger partial charge in [-0.05, 0) is 50.4 Å². The minimum Gasteiger partial charge on any atom is -0.327 e. The Morgan fingerprint density at radius 2 is 1.91 bits per heavy atom. The molecule has 2 rings (SSSR count). The van der Waals surface area contributed by atoms with E-state index in [9.17, 15) is 0 Å². The lowest BCUT2D eigenvalue weighted by Gasteiger charge is -2.30. The normalized spacial score (nSPS) is 43.6. The highest BCUT2D eigenvalue weighted by atomic mass is 35.5. The van der Waals surface area contributed by atoms with Crippen molar-refractivity contribution < 1.29 is 0 Å². The van der Waals surface area contributed by atoms with Crippen LogP contribution in [0.2, 0.25) is 0 Å². The molecule has 0 radical (unpaired) electrons. The molecule has 2 fully saturated rings. The Kier molecular flexibility index (Phi) is 2.50. The van der Waals surface area contributed by atoms with Crippen LogP contribution in [0.15, 0.2) is 0 Å². The molecule has 0 aromatic rings. The van der Waals surface area contributed by atoms with Gasteiger partial charge in [0, 0.05) is 6.04 Å². The molecule has 66 valence electrons. The van der Waals surface area contributed by atoms with E-state index in [1.807, 2.05) is 0 Å². The maximum absolute atomic E-state index is 5.97. The van der Waals surface area contributed by atoms with Crippen LogP contribution in [0, 0.1) is 11.3 Å². The minimum absolute atomic E-state index is 0. The zero-order valence-corrected chi connectivity index (χ0v) is 7.99. The summed E-state index contributed by atoms with van der Waals surface area (Å²) < 4.78 is 0. The third-order valence-electron chi connectivity index (χ3n) is 3.76. The molecule has 2 bridgehead atoms. The lowest BCUT2D eigenvalue weighted by atomic mass is 9.79. The van der Waals surface area contributed by atoms with Gasteiger partial charge in [-0.2, -0.15) is 0 Å². The summed E-state index contributed by atoms with van der Waals surface area (Å²) in [4.78, 5) is 0. The summed E-state index contributed by atoms with van der Waals surface area (Å²) in [5, 5.41) is 0. The first-order chi connectivity index (χ1) is 4.73. The molecule has 1 unspecified atom stereocenters. The second-order valence-electron chi connectivity index (χ2n) is 4.30. The Labute approximate surface area is 75.1 Å². The summed E-state index contributed by atoms with van der Waals surface area (Å²) in [6.07, 6.45) is 7.18. The zero-order chi connectivity index (χ0) is 7.19. The van der Waals surface area contributed by atoms with Crippen LogP contribution in [0.5, 0.6) is 0 Å². The Balaban J connectivity index is 0.000000605. The van der Waals surface area contributed by atoms with Gasteiger partial charge in [-0.25, -0.2) is 0 Å². The summed E-state index contributed by atoms with van der Waals surface area (Å²) in [5.41, 5.74) is 6.56. The Hall–Kier alpha value is 0.250. The Morgan fingerprint density at radius 1 is 1.36 bits per heavy atom. The summed E-state index contributed by atoms with van der Waals surface area (Å²) >= 11 is 0. The van der Waals surface area contributed by atoms with E-state index in [2.05, 4.69) is 6.92 Å². The third kappa shape index (κ3) is 1.29. The quantitative estimate of drug-likeness (QED) is 0.651. The molecule has 2 N–H and O–H groups in total. The number of hydrogen-bond donors (Lipinski definition) is 1. The van der Waals surface area contributed by atoms with Gasteiger partial charge < -0.3 is 5.73 Å². The van der Waals surface area contributed by atoms with Gasteiger partial charge in [0.15, 0.2) is 0 Å². The smallest absolute Gasteiger partial charge is 0.00671 e. The van der Waals surface area contributed by atoms with Gasteiger partial charge in [0.25, 0.3) is 0 Å². The van der Waals surface area contributed by atoms with Crippen LogP contribution in [0.25, 0.3) is 0 Å². The Bertz CT molecular complexity index is 136. The SMILES string of the molecule is CC(N)C12CCC(CC1)C2.Cl. The van der Waals surface area contributed by atoms with Crippen LogP contribution in [0.1, 0.15) is 39.0 Å². The molecule has 0 aliphatic heterocycles. The molecular weight excluding hydrogens is 158 g/mol. The average molecular weight is 176 g/mol. The lowest BCUT2D eigenvalue weighted by Crippen LogP contribution is -2.35. The first kappa shape index (κ1) is 9.34. The van der Waals surface area contributed by atoms with E-state index in [0.29, 0.717) is 11.5 Å². The molecule has 1 nitrogen and oxygen atoms in total. The minimum atomic E-state index is 0. The maximum Gasteiger partial charge on any atom is 0.00671 e. The molecule has 0 heterocycles. The van der Waals surface area contributed by atoms with Crippen LogP contribution >= 0.6 is 12.4 Å². The average Bonchev–Trinajstić information content (AvgIpc) is 2.45. The number of halogens is 1. The predicted octanol–water partition coefficient (Wildman–Crippen LogP) is 2.34. The van der Waals surface area contributed by atoms with Crippen molar-refractivity contribution >= 4 is 12.4 Å². The van der Waals surface area contributed by atoms with Gasteiger partial charge in [-0.15, -0.1) is 12.4 Å². The fourth-order valence-corrected chi connectivity index (χ4v) is 2.88. The van der Waals surface area contributed by atoms with E-state index in [1.54, 1.807) is 0 Å². The molecular formula is C9H18ClN. The number of hydrogen-bond acceptors (Lipinski definition) is 1. The van der Waals surface area contributed by atoms with Gasteiger partial charge in [-0.3, -0.25) is 0 Å². The van der Waals surface area contributed by atoms with E-state index >= 15 is 0 Å². The molecule has 2 heteroatoms. The predicted molar refractivity (Wildman–Crippen MR) is 49.9 cm³/mol. The number of nitrogens with two attached hydrogens (primary N) is 1. The topological polar surface area (TPSA) is 26.0 Å². The number of fused-ring (bicyclic) bond motifs is 2. The highest BCUT2D eigenvalue weighted by molar-refractivity contribution is 5.85. The second-order valence-corrected chi connectivity index (χ2v) is 4.30. The molecule has 2 aliphatic carbocycles. The molecule has 0 aromatic heterocycles. The van der Waals surface area contributed by atoms with E-state index < -0.39 is 0 Å². The largest absolute Gasteiger partial charge is 0.327 e. The van der Waals surface area contributed by atoms with Crippen molar-refractivity contribution in [3.05, 3.63) is 0 Å². The van der Waals surface area contributed by atoms with E-state index in [4.69, 9.17) is 5.73 Å². The first-order valence-corrected chi connectivity index (χ1v) is 4.48. The van der Waals surface area contributed by atoms with Crippen LogP contribution < -0.4 is 5.73 Å². The summed E-state index contributed by atoms with van der Waals surface area (Å²) in [6.45, 7) is 2.19. The second kappa shape index (κ2) is 2.95. The van der Waals surface area contributed by atoms with Crippen molar-refractivity contribution in [3.8, 4) is 0 Å². The van der Waals surface area contributed by atoms with Gasteiger partial charge in [0.2, 0.25) is 0 Å². The fraction of sp³-hybridized carbons (Fsp3) is 1.00. The van der Waals surface area contributed by atoms with Crippen molar-refractivity contribution in [2.24, 2.45) is 17.1 Å². The monoisotopic (exact) mass is 175 g/mol. The molecule has 1 atom stereocenters. The van der Waals surface area contributed by atoms with Crippen LogP contribution in [0.4, 0.5) is 0 Å². The molecule has 2 aliphatic rings. The maximum atomic E-state index is 5.97. The zero-order valence-electron chi connectivity index (χ0n) is 7.18. The first-order valence-electron chi connectivity index (χ1n) is 4.48. The summed E-state index contributed by atoms with van der Waals surface area (Å²) in [6, 6.07) is 0.444. The van der Waals surface area contributed by atoms with E-state index in [-0.39, 0.29) is 12.4 Å². The highest BCUT2D eigenvalue weighted by Gasteiger charge is 2.46. The number of rotatable bonds is 1. The van der Waals surface area contributed by atoms with E-state index in [0.717, 1.165) is 5.92 Å². The van der Waals surface area contributed by atoms with Gasteiger partial charge in [0.1, 0.15) is 0 Å². The van der Waals surface area contributed by atoms with Crippen LogP contribution in [-0.4, -0.2) is 6.04 Å². The molecule has 2 saturated carbocycles. The fourth-order valence-electron chi connectivity index (χ4n) is 2.88. The molecule has 0 spiro atoms. The molecule has 0 saturated heterocycles. The van der Waals surface area contributed by atoms with Gasteiger partial charge in [0.05, 0.1) is 0 Å². The van der Waals surface area contributed by atoms with Crippen molar-refractivity contribution in [1.29, 1.82) is 0 Å². The standard InChI is InChI=1S/C9H17N.ClH/c1-7(10)9-4-2-8(6-9)3-5-9;/h7-8H,2-6,10H2,1H3;1H. The van der Waals surface area contributed by atoms with Crippen molar-refractivity contribution in [2.45, 2.75) is 45.1 Å². The van der Waals surface area contributed by atoms with Crippen molar-refractivity contribution in [2.75, 3.05) is 0 Å². The van der Waals surface area contributed by atoms with Crippen molar-refractivity contribution in [3.63, 3.8) is 0 Å².